The normalized spacial score (nSPS) is 29.9. The minimum absolute atomic E-state index is 0.0357. The van der Waals surface area contributed by atoms with Crippen LogP contribution in [0.25, 0.3) is 0 Å². The van der Waals surface area contributed by atoms with Crippen LogP contribution < -0.4 is 11.1 Å². The number of rotatable bonds is 4. The number of nitrogens with one attached hydrogen (secondary N) is 1. The molecule has 2 aliphatic rings. The highest BCUT2D eigenvalue weighted by molar-refractivity contribution is 7.99. The molecule has 0 heterocycles. The number of carbonyl (C=O) groups is 1. The smallest absolute Gasteiger partial charge is 0.234 e. The predicted molar refractivity (Wildman–Crippen MR) is 86.6 cm³/mol. The molecule has 0 aromatic heterocycles. The SMILES string of the molecule is CSC1CCC(NC(=O)C2(C(N)=NO)CCCCCC2)C1. The zero-order valence-corrected chi connectivity index (χ0v) is 13.6. The first-order chi connectivity index (χ1) is 10.1. The van der Waals surface area contributed by atoms with Crippen LogP contribution in [0.5, 0.6) is 0 Å². The Morgan fingerprint density at radius 2 is 1.95 bits per heavy atom. The van der Waals surface area contributed by atoms with Crippen molar-refractivity contribution in [2.75, 3.05) is 6.26 Å². The summed E-state index contributed by atoms with van der Waals surface area (Å²) in [6, 6.07) is 0.238. The summed E-state index contributed by atoms with van der Waals surface area (Å²) in [7, 11) is 0. The number of amidine groups is 1. The standard InChI is InChI=1S/C15H27N3O2S/c1-21-12-7-6-11(10-12)17-14(19)15(13(16)18-20)8-4-2-3-5-9-15/h11-12,20H,2-10H2,1H3,(H2,16,18)(H,17,19). The summed E-state index contributed by atoms with van der Waals surface area (Å²) in [4.78, 5) is 12.8. The van der Waals surface area contributed by atoms with Crippen LogP contribution in [0.1, 0.15) is 57.8 Å². The highest BCUT2D eigenvalue weighted by Crippen LogP contribution is 2.37. The first kappa shape index (κ1) is 16.5. The van der Waals surface area contributed by atoms with Crippen LogP contribution in [-0.4, -0.2) is 34.5 Å². The third kappa shape index (κ3) is 3.65. The van der Waals surface area contributed by atoms with Crippen LogP contribution in [-0.2, 0) is 4.79 Å². The topological polar surface area (TPSA) is 87.7 Å². The van der Waals surface area contributed by atoms with Crippen LogP contribution >= 0.6 is 11.8 Å². The van der Waals surface area contributed by atoms with Crippen molar-refractivity contribution in [3.05, 3.63) is 0 Å². The van der Waals surface area contributed by atoms with Crippen molar-refractivity contribution < 1.29 is 10.0 Å². The van der Waals surface area contributed by atoms with E-state index in [1.54, 1.807) is 0 Å². The predicted octanol–water partition coefficient (Wildman–Crippen LogP) is 2.47. The molecule has 0 aliphatic heterocycles. The average Bonchev–Trinajstić information content (AvgIpc) is 2.80. The second-order valence-corrected chi connectivity index (χ2v) is 7.46. The van der Waals surface area contributed by atoms with Gasteiger partial charge in [-0.2, -0.15) is 11.8 Å². The van der Waals surface area contributed by atoms with E-state index in [2.05, 4.69) is 16.7 Å². The molecule has 120 valence electrons. The number of nitrogens with zero attached hydrogens (tertiary/aromatic N) is 1. The molecule has 21 heavy (non-hydrogen) atoms. The molecule has 0 aromatic carbocycles. The molecule has 0 radical (unpaired) electrons. The van der Waals surface area contributed by atoms with E-state index in [-0.39, 0.29) is 17.8 Å². The van der Waals surface area contributed by atoms with Gasteiger partial charge in [-0.05, 0) is 38.4 Å². The fraction of sp³-hybridized carbons (Fsp3) is 0.867. The summed E-state index contributed by atoms with van der Waals surface area (Å²) in [6.45, 7) is 0. The number of oxime groups is 1. The number of nitrogens with two attached hydrogens (primary N) is 1. The van der Waals surface area contributed by atoms with Crippen LogP contribution in [0, 0.1) is 5.41 Å². The summed E-state index contributed by atoms with van der Waals surface area (Å²) >= 11 is 1.87. The number of thioether (sulfide) groups is 1. The summed E-state index contributed by atoms with van der Waals surface area (Å²) in [5.41, 5.74) is 5.11. The molecule has 5 nitrogen and oxygen atoms in total. The van der Waals surface area contributed by atoms with Crippen molar-refractivity contribution in [3.63, 3.8) is 0 Å². The largest absolute Gasteiger partial charge is 0.409 e. The fourth-order valence-electron chi connectivity index (χ4n) is 3.64. The zero-order chi connectivity index (χ0) is 15.3. The van der Waals surface area contributed by atoms with E-state index in [1.807, 2.05) is 11.8 Å². The number of carbonyl (C=O) groups excluding carboxylic acids is 1. The fourth-order valence-corrected chi connectivity index (χ4v) is 4.43. The third-order valence-corrected chi connectivity index (χ3v) is 6.14. The van der Waals surface area contributed by atoms with Gasteiger partial charge in [0.05, 0.1) is 0 Å². The molecular weight excluding hydrogens is 286 g/mol. The Morgan fingerprint density at radius 1 is 1.29 bits per heavy atom. The van der Waals surface area contributed by atoms with E-state index in [4.69, 9.17) is 10.9 Å². The summed E-state index contributed by atoms with van der Waals surface area (Å²) in [5, 5.41) is 16.1. The lowest BCUT2D eigenvalue weighted by Gasteiger charge is -2.31. The molecule has 6 heteroatoms. The van der Waals surface area contributed by atoms with Crippen LogP contribution in [0.4, 0.5) is 0 Å². The van der Waals surface area contributed by atoms with Crippen molar-refractivity contribution >= 4 is 23.5 Å². The van der Waals surface area contributed by atoms with Crippen molar-refractivity contribution in [2.24, 2.45) is 16.3 Å². The van der Waals surface area contributed by atoms with Crippen LogP contribution in [0.2, 0.25) is 0 Å². The highest BCUT2D eigenvalue weighted by atomic mass is 32.2. The molecule has 0 bridgehead atoms. The summed E-state index contributed by atoms with van der Waals surface area (Å²) < 4.78 is 0. The molecule has 0 saturated heterocycles. The van der Waals surface area contributed by atoms with Gasteiger partial charge in [0.1, 0.15) is 5.41 Å². The third-order valence-electron chi connectivity index (χ3n) is 5.04. The molecule has 2 unspecified atom stereocenters. The van der Waals surface area contributed by atoms with Gasteiger partial charge in [-0.1, -0.05) is 30.8 Å². The molecule has 1 amide bonds. The van der Waals surface area contributed by atoms with Gasteiger partial charge in [0, 0.05) is 11.3 Å². The van der Waals surface area contributed by atoms with Gasteiger partial charge < -0.3 is 16.3 Å². The lowest BCUT2D eigenvalue weighted by atomic mass is 9.78. The van der Waals surface area contributed by atoms with E-state index in [9.17, 15) is 4.79 Å². The Labute approximate surface area is 131 Å². The first-order valence-electron chi connectivity index (χ1n) is 7.94. The first-order valence-corrected chi connectivity index (χ1v) is 9.23. The number of amides is 1. The van der Waals surface area contributed by atoms with Gasteiger partial charge in [-0.15, -0.1) is 0 Å². The van der Waals surface area contributed by atoms with Gasteiger partial charge >= 0.3 is 0 Å². The maximum atomic E-state index is 12.8. The maximum Gasteiger partial charge on any atom is 0.234 e. The monoisotopic (exact) mass is 313 g/mol. The molecule has 2 aliphatic carbocycles. The van der Waals surface area contributed by atoms with Gasteiger partial charge in [-0.25, -0.2) is 0 Å². The quantitative estimate of drug-likeness (QED) is 0.245. The van der Waals surface area contributed by atoms with E-state index < -0.39 is 5.41 Å². The highest BCUT2D eigenvalue weighted by Gasteiger charge is 2.44. The Hall–Kier alpha value is -0.910. The summed E-state index contributed by atoms with van der Waals surface area (Å²) in [6.07, 6.45) is 10.9. The molecular formula is C15H27N3O2S. The molecule has 2 rings (SSSR count). The minimum Gasteiger partial charge on any atom is -0.409 e. The molecule has 0 aromatic rings. The molecule has 2 saturated carbocycles. The van der Waals surface area contributed by atoms with E-state index >= 15 is 0 Å². The molecule has 2 fully saturated rings. The number of hydrogen-bond donors (Lipinski definition) is 3. The Balaban J connectivity index is 2.08. The van der Waals surface area contributed by atoms with Gasteiger partial charge in [0.25, 0.3) is 0 Å². The second kappa shape index (κ2) is 7.38. The zero-order valence-electron chi connectivity index (χ0n) is 12.8. The molecule has 4 N–H and O–H groups in total. The number of hydrogen-bond acceptors (Lipinski definition) is 4. The lowest BCUT2D eigenvalue weighted by molar-refractivity contribution is -0.129. The van der Waals surface area contributed by atoms with Crippen molar-refractivity contribution in [1.29, 1.82) is 0 Å². The van der Waals surface area contributed by atoms with Crippen molar-refractivity contribution in [1.82, 2.24) is 5.32 Å². The average molecular weight is 313 g/mol. The van der Waals surface area contributed by atoms with Crippen LogP contribution in [0.3, 0.4) is 0 Å². The molecule has 0 spiro atoms. The Bertz CT molecular complexity index is 392. The van der Waals surface area contributed by atoms with Gasteiger partial charge in [0.15, 0.2) is 5.84 Å². The lowest BCUT2D eigenvalue weighted by Crippen LogP contribution is -2.51. The van der Waals surface area contributed by atoms with E-state index in [0.717, 1.165) is 44.9 Å². The van der Waals surface area contributed by atoms with E-state index in [0.29, 0.717) is 18.1 Å². The van der Waals surface area contributed by atoms with Crippen LogP contribution in [0.15, 0.2) is 5.16 Å². The summed E-state index contributed by atoms with van der Waals surface area (Å²) in [5.74, 6) is 0.0489. The minimum atomic E-state index is -0.803. The second-order valence-electron chi connectivity index (χ2n) is 6.32. The van der Waals surface area contributed by atoms with E-state index in [1.165, 1.54) is 0 Å². The molecule has 2 atom stereocenters. The van der Waals surface area contributed by atoms with Crippen molar-refractivity contribution in [3.8, 4) is 0 Å². The van der Waals surface area contributed by atoms with Gasteiger partial charge in [-0.3, -0.25) is 4.79 Å². The van der Waals surface area contributed by atoms with Gasteiger partial charge in [0.2, 0.25) is 5.91 Å². The Morgan fingerprint density at radius 3 is 2.48 bits per heavy atom. The maximum absolute atomic E-state index is 12.8. The Kier molecular flexibility index (Phi) is 5.79. The van der Waals surface area contributed by atoms with Crippen molar-refractivity contribution in [2.45, 2.75) is 69.1 Å².